The highest BCUT2D eigenvalue weighted by molar-refractivity contribution is 7.12. The summed E-state index contributed by atoms with van der Waals surface area (Å²) in [5, 5.41) is 4.36. The maximum Gasteiger partial charge on any atom is 0.573 e. The lowest BCUT2D eigenvalue weighted by molar-refractivity contribution is -0.274. The van der Waals surface area contributed by atoms with Crippen molar-refractivity contribution in [3.8, 4) is 22.6 Å². The first-order valence-corrected chi connectivity index (χ1v) is 10.2. The maximum atomic E-state index is 12.6. The molecule has 2 aromatic carbocycles. The molecule has 0 fully saturated rings. The number of para-hydroxylation sites is 1. The van der Waals surface area contributed by atoms with Gasteiger partial charge in [-0.15, -0.1) is 24.5 Å². The van der Waals surface area contributed by atoms with E-state index in [1.54, 1.807) is 48.7 Å². The summed E-state index contributed by atoms with van der Waals surface area (Å²) in [6.45, 7) is 1.75. The molecule has 3 rings (SSSR count). The summed E-state index contributed by atoms with van der Waals surface area (Å²) in [6, 6.07) is 14.7. The summed E-state index contributed by atoms with van der Waals surface area (Å²) in [4.78, 5) is 25.3. The molecule has 5 nitrogen and oxygen atoms in total. The number of alkyl halides is 3. The number of benzene rings is 2. The lowest BCUT2D eigenvalue weighted by Crippen LogP contribution is -2.42. The zero-order chi connectivity index (χ0) is 22.4. The highest BCUT2D eigenvalue weighted by Gasteiger charge is 2.31. The first kappa shape index (κ1) is 22.4. The molecular weight excluding hydrogens is 431 g/mol. The predicted molar refractivity (Wildman–Crippen MR) is 110 cm³/mol. The lowest BCUT2D eigenvalue weighted by Gasteiger charge is -2.15. The minimum absolute atomic E-state index is 0.327. The second-order valence-corrected chi connectivity index (χ2v) is 7.35. The molecule has 0 spiro atoms. The average Bonchev–Trinajstić information content (AvgIpc) is 3.22. The van der Waals surface area contributed by atoms with Crippen molar-refractivity contribution in [3.05, 3.63) is 70.9 Å². The summed E-state index contributed by atoms with van der Waals surface area (Å²) in [6.07, 6.45) is -4.41. The van der Waals surface area contributed by atoms with Crippen molar-refractivity contribution < 1.29 is 32.2 Å². The van der Waals surface area contributed by atoms with E-state index in [-0.39, 0.29) is 5.75 Å². The summed E-state index contributed by atoms with van der Waals surface area (Å²) in [5.41, 5.74) is 1.29. The molecule has 1 N–H and O–H groups in total. The van der Waals surface area contributed by atoms with Crippen LogP contribution in [0.15, 0.2) is 66.0 Å². The number of nitrogens with one attached hydrogen (secondary N) is 1. The van der Waals surface area contributed by atoms with Gasteiger partial charge >= 0.3 is 12.3 Å². The zero-order valence-electron chi connectivity index (χ0n) is 16.3. The third-order valence-corrected chi connectivity index (χ3v) is 5.13. The van der Waals surface area contributed by atoms with Gasteiger partial charge in [-0.1, -0.05) is 37.3 Å². The van der Waals surface area contributed by atoms with E-state index in [9.17, 15) is 22.8 Å². The predicted octanol–water partition coefficient (Wildman–Crippen LogP) is 5.43. The largest absolute Gasteiger partial charge is 0.573 e. The Morgan fingerprint density at radius 3 is 2.29 bits per heavy atom. The molecule has 0 radical (unpaired) electrons. The summed E-state index contributed by atoms with van der Waals surface area (Å²) < 4.78 is 45.9. The quantitative estimate of drug-likeness (QED) is 0.386. The van der Waals surface area contributed by atoms with Crippen LogP contribution >= 0.6 is 11.3 Å². The van der Waals surface area contributed by atoms with Crippen molar-refractivity contribution in [1.82, 2.24) is 5.32 Å². The van der Waals surface area contributed by atoms with Crippen LogP contribution in [-0.2, 0) is 4.79 Å². The molecule has 1 atom stereocenters. The molecule has 0 aliphatic heterocycles. The van der Waals surface area contributed by atoms with Crippen LogP contribution in [0.3, 0.4) is 0 Å². The van der Waals surface area contributed by atoms with Crippen LogP contribution in [0.4, 0.5) is 13.2 Å². The molecule has 31 heavy (non-hydrogen) atoms. The van der Waals surface area contributed by atoms with Crippen molar-refractivity contribution >= 4 is 23.2 Å². The minimum Gasteiger partial charge on any atom is -0.425 e. The molecule has 1 aromatic heterocycles. The molecule has 1 heterocycles. The minimum atomic E-state index is -4.76. The smallest absolute Gasteiger partial charge is 0.425 e. The third kappa shape index (κ3) is 6.32. The molecule has 9 heteroatoms. The van der Waals surface area contributed by atoms with E-state index in [0.29, 0.717) is 28.2 Å². The zero-order valence-corrected chi connectivity index (χ0v) is 17.1. The van der Waals surface area contributed by atoms with Crippen LogP contribution in [0.1, 0.15) is 23.0 Å². The highest BCUT2D eigenvalue weighted by atomic mass is 32.1. The van der Waals surface area contributed by atoms with E-state index in [4.69, 9.17) is 4.74 Å². The van der Waals surface area contributed by atoms with Gasteiger partial charge in [-0.25, -0.2) is 4.79 Å². The number of rotatable bonds is 7. The van der Waals surface area contributed by atoms with Gasteiger partial charge in [0.2, 0.25) is 0 Å². The number of amides is 1. The van der Waals surface area contributed by atoms with E-state index in [2.05, 4.69) is 10.1 Å². The van der Waals surface area contributed by atoms with Crippen molar-refractivity contribution in [2.24, 2.45) is 0 Å². The van der Waals surface area contributed by atoms with Crippen molar-refractivity contribution in [3.63, 3.8) is 0 Å². The molecule has 3 aromatic rings. The Morgan fingerprint density at radius 1 is 1.00 bits per heavy atom. The number of hydrogen-bond donors (Lipinski definition) is 1. The van der Waals surface area contributed by atoms with Crippen molar-refractivity contribution in [2.45, 2.75) is 25.7 Å². The summed E-state index contributed by atoms with van der Waals surface area (Å²) in [5.74, 6) is -0.951. The van der Waals surface area contributed by atoms with Crippen molar-refractivity contribution in [1.29, 1.82) is 0 Å². The molecule has 0 unspecified atom stereocenters. The number of halogens is 3. The number of carbonyl (C=O) groups is 2. The molecule has 162 valence electrons. The first-order valence-electron chi connectivity index (χ1n) is 9.27. The fraction of sp³-hybridized carbons (Fsp3) is 0.182. The molecule has 0 aliphatic carbocycles. The monoisotopic (exact) mass is 449 g/mol. The van der Waals surface area contributed by atoms with Crippen LogP contribution in [0, 0.1) is 0 Å². The number of carbonyl (C=O) groups excluding carboxylic acids is 2. The van der Waals surface area contributed by atoms with Gasteiger partial charge < -0.3 is 14.8 Å². The van der Waals surface area contributed by atoms with Crippen LogP contribution in [0.25, 0.3) is 11.1 Å². The van der Waals surface area contributed by atoms with E-state index in [1.807, 2.05) is 0 Å². The second kappa shape index (κ2) is 9.65. The SMILES string of the molecule is CC[C@@H](NC(=O)c1cc(-c2ccc(OC(F)(F)F)cc2)cs1)C(=O)Oc1ccccc1. The van der Waals surface area contributed by atoms with E-state index < -0.39 is 24.3 Å². The normalized spacial score (nSPS) is 12.1. The molecule has 0 saturated carbocycles. The van der Waals surface area contributed by atoms with Crippen LogP contribution in [-0.4, -0.2) is 24.3 Å². The lowest BCUT2D eigenvalue weighted by atomic mass is 10.1. The Labute approximate surface area is 180 Å². The van der Waals surface area contributed by atoms with E-state index in [1.165, 1.54) is 24.3 Å². The van der Waals surface area contributed by atoms with Gasteiger partial charge in [-0.05, 0) is 53.3 Å². The Morgan fingerprint density at radius 2 is 1.68 bits per heavy atom. The van der Waals surface area contributed by atoms with E-state index >= 15 is 0 Å². The Balaban J connectivity index is 1.64. The molecule has 0 aliphatic rings. The number of esters is 1. The summed E-state index contributed by atoms with van der Waals surface area (Å²) >= 11 is 1.16. The Kier molecular flexibility index (Phi) is 6.96. The van der Waals surface area contributed by atoms with Crippen LogP contribution in [0.5, 0.6) is 11.5 Å². The highest BCUT2D eigenvalue weighted by Crippen LogP contribution is 2.29. The summed E-state index contributed by atoms with van der Waals surface area (Å²) in [7, 11) is 0. The Bertz CT molecular complexity index is 1030. The molecular formula is C22H18F3NO4S. The van der Waals surface area contributed by atoms with Crippen LogP contribution < -0.4 is 14.8 Å². The van der Waals surface area contributed by atoms with Gasteiger partial charge in [0, 0.05) is 0 Å². The first-order chi connectivity index (χ1) is 14.7. The third-order valence-electron chi connectivity index (χ3n) is 4.20. The standard InChI is InChI=1S/C22H18F3NO4S/c1-2-18(21(28)29-16-6-4-3-5-7-16)26-20(27)19-12-15(13-31-19)14-8-10-17(11-9-14)30-22(23,24)25/h3-13,18H,2H2,1H3,(H,26,27)/t18-/m1/s1. The van der Waals surface area contributed by atoms with Gasteiger partial charge in [-0.2, -0.15) is 0 Å². The topological polar surface area (TPSA) is 64.6 Å². The number of ether oxygens (including phenoxy) is 2. The van der Waals surface area contributed by atoms with E-state index in [0.717, 1.165) is 11.3 Å². The fourth-order valence-corrected chi connectivity index (χ4v) is 3.51. The van der Waals surface area contributed by atoms with Gasteiger partial charge in [0.05, 0.1) is 4.88 Å². The van der Waals surface area contributed by atoms with Gasteiger partial charge in [0.15, 0.2) is 0 Å². The second-order valence-electron chi connectivity index (χ2n) is 6.44. The van der Waals surface area contributed by atoms with Gasteiger partial charge in [0.25, 0.3) is 5.91 Å². The van der Waals surface area contributed by atoms with Crippen LogP contribution in [0.2, 0.25) is 0 Å². The fourth-order valence-electron chi connectivity index (χ4n) is 2.69. The number of hydrogen-bond acceptors (Lipinski definition) is 5. The molecule has 0 saturated heterocycles. The molecule has 0 bridgehead atoms. The molecule has 1 amide bonds. The Hall–Kier alpha value is -3.33. The number of thiophene rings is 1. The maximum absolute atomic E-state index is 12.6. The average molecular weight is 449 g/mol. The van der Waals surface area contributed by atoms with Gasteiger partial charge in [0.1, 0.15) is 17.5 Å². The van der Waals surface area contributed by atoms with Gasteiger partial charge in [-0.3, -0.25) is 4.79 Å². The van der Waals surface area contributed by atoms with Crippen molar-refractivity contribution in [2.75, 3.05) is 0 Å².